The maximum atomic E-state index is 2.48. The summed E-state index contributed by atoms with van der Waals surface area (Å²) in [7, 11) is 0. The molecule has 0 atom stereocenters. The van der Waals surface area contributed by atoms with Gasteiger partial charge in [0.05, 0.1) is 5.52 Å². The summed E-state index contributed by atoms with van der Waals surface area (Å²) in [5.41, 5.74) is 6.97. The predicted molar refractivity (Wildman–Crippen MR) is 90.0 cm³/mol. The van der Waals surface area contributed by atoms with Crippen LogP contribution in [0.15, 0.2) is 54.6 Å². The topological polar surface area (TPSA) is 4.93 Å². The van der Waals surface area contributed by atoms with Gasteiger partial charge in [-0.1, -0.05) is 55.5 Å². The minimum absolute atomic E-state index is 1.07. The van der Waals surface area contributed by atoms with Crippen LogP contribution in [0.1, 0.15) is 30.2 Å². The van der Waals surface area contributed by atoms with Gasteiger partial charge in [0.1, 0.15) is 0 Å². The first-order chi connectivity index (χ1) is 10.4. The molecule has 1 heteroatoms. The molecule has 0 fully saturated rings. The monoisotopic (exact) mass is 273 g/mol. The van der Waals surface area contributed by atoms with Gasteiger partial charge in [0.2, 0.25) is 0 Å². The Labute approximate surface area is 125 Å². The van der Waals surface area contributed by atoms with Crippen LogP contribution in [0.3, 0.4) is 0 Å². The first-order valence-electron chi connectivity index (χ1n) is 7.77. The zero-order chi connectivity index (χ0) is 14.2. The maximum Gasteiger partial charge on any atom is 0.0569 e. The molecule has 1 heterocycles. The molecule has 0 bridgehead atoms. The fourth-order valence-corrected chi connectivity index (χ4v) is 3.48. The first-order valence-corrected chi connectivity index (χ1v) is 7.77. The predicted octanol–water partition coefficient (Wildman–Crippen LogP) is 5.15. The third-order valence-corrected chi connectivity index (χ3v) is 4.44. The van der Waals surface area contributed by atoms with Crippen molar-refractivity contribution in [1.29, 1.82) is 0 Å². The number of allylic oxidation sites excluding steroid dienone is 1. The Balaban J connectivity index is 2.16. The molecular weight excluding hydrogens is 254 g/mol. The molecule has 4 rings (SSSR count). The van der Waals surface area contributed by atoms with Crippen molar-refractivity contribution in [2.24, 2.45) is 0 Å². The van der Waals surface area contributed by atoms with E-state index >= 15 is 0 Å². The third-order valence-electron chi connectivity index (χ3n) is 4.44. The lowest BCUT2D eigenvalue weighted by molar-refractivity contribution is 0.885. The van der Waals surface area contributed by atoms with Crippen molar-refractivity contribution in [3.63, 3.8) is 0 Å². The molecule has 1 aliphatic carbocycles. The highest BCUT2D eigenvalue weighted by Crippen LogP contribution is 2.35. The second-order valence-electron chi connectivity index (χ2n) is 5.64. The minimum Gasteiger partial charge on any atom is -0.313 e. The van der Waals surface area contributed by atoms with Gasteiger partial charge in [-0.25, -0.2) is 0 Å². The summed E-state index contributed by atoms with van der Waals surface area (Å²) in [4.78, 5) is 0. The van der Waals surface area contributed by atoms with Crippen LogP contribution < -0.4 is 0 Å². The highest BCUT2D eigenvalue weighted by molar-refractivity contribution is 5.95. The van der Waals surface area contributed by atoms with Crippen LogP contribution in [0.25, 0.3) is 22.7 Å². The van der Waals surface area contributed by atoms with Gasteiger partial charge in [-0.3, -0.25) is 0 Å². The van der Waals surface area contributed by atoms with E-state index in [-0.39, 0.29) is 0 Å². The molecule has 0 radical (unpaired) electrons. The van der Waals surface area contributed by atoms with Crippen LogP contribution in [-0.4, -0.2) is 4.57 Å². The molecule has 3 aromatic rings. The number of rotatable bonds is 2. The Morgan fingerprint density at radius 1 is 1.00 bits per heavy atom. The van der Waals surface area contributed by atoms with Gasteiger partial charge in [-0.15, -0.1) is 0 Å². The summed E-state index contributed by atoms with van der Waals surface area (Å²) in [5.74, 6) is 0. The number of benzene rings is 2. The van der Waals surface area contributed by atoms with E-state index in [9.17, 15) is 0 Å². The van der Waals surface area contributed by atoms with Gasteiger partial charge < -0.3 is 4.57 Å². The van der Waals surface area contributed by atoms with E-state index in [2.05, 4.69) is 72.2 Å². The summed E-state index contributed by atoms with van der Waals surface area (Å²) in [6.07, 6.45) is 7.93. The molecule has 0 saturated heterocycles. The number of hydrogen-bond acceptors (Lipinski definition) is 0. The zero-order valence-corrected chi connectivity index (χ0v) is 12.3. The van der Waals surface area contributed by atoms with Crippen molar-refractivity contribution in [3.05, 3.63) is 71.4 Å². The molecule has 1 aromatic heterocycles. The Morgan fingerprint density at radius 2 is 1.86 bits per heavy atom. The fraction of sp³-hybridized carbons (Fsp3) is 0.200. The molecule has 104 valence electrons. The first kappa shape index (κ1) is 12.5. The number of fused-ring (bicyclic) bond motifs is 3. The lowest BCUT2D eigenvalue weighted by Crippen LogP contribution is -2.03. The molecule has 1 nitrogen and oxygen atoms in total. The number of para-hydroxylation sites is 2. The van der Waals surface area contributed by atoms with Gasteiger partial charge in [-0.05, 0) is 37.0 Å². The molecule has 21 heavy (non-hydrogen) atoms. The molecule has 0 spiro atoms. The lowest BCUT2D eigenvalue weighted by Gasteiger charge is -2.14. The Bertz CT molecular complexity index is 822. The van der Waals surface area contributed by atoms with Gasteiger partial charge in [-0.2, -0.15) is 0 Å². The highest BCUT2D eigenvalue weighted by Gasteiger charge is 2.19. The van der Waals surface area contributed by atoms with Crippen molar-refractivity contribution in [2.45, 2.75) is 26.2 Å². The van der Waals surface area contributed by atoms with E-state index in [0.29, 0.717) is 0 Å². The van der Waals surface area contributed by atoms with E-state index in [1.54, 1.807) is 0 Å². The number of aryl methyl sites for hydroxylation is 1. The second kappa shape index (κ2) is 4.92. The van der Waals surface area contributed by atoms with Crippen LogP contribution >= 0.6 is 0 Å². The number of nitrogens with zero attached hydrogens (tertiary/aromatic N) is 1. The lowest BCUT2D eigenvalue weighted by atomic mass is 10.0. The summed E-state index contributed by atoms with van der Waals surface area (Å²) in [5, 5.41) is 1.39. The second-order valence-corrected chi connectivity index (χ2v) is 5.64. The van der Waals surface area contributed by atoms with Crippen molar-refractivity contribution in [2.75, 3.05) is 0 Å². The molecule has 1 aliphatic rings. The van der Waals surface area contributed by atoms with E-state index in [1.165, 1.54) is 33.4 Å². The normalized spacial score (nSPS) is 13.6. The smallest absolute Gasteiger partial charge is 0.0569 e. The standard InChI is InChI=1S/C20H19N/c1-2-15-9-8-13-18-17-12-6-7-14-19(17)21(20(15)18)16-10-4-3-5-11-16/h3-6,8-13H,2,7,14H2,1H3. The number of aromatic nitrogens is 1. The minimum atomic E-state index is 1.07. The molecule has 0 amide bonds. The van der Waals surface area contributed by atoms with E-state index in [0.717, 1.165) is 19.3 Å². The summed E-state index contributed by atoms with van der Waals surface area (Å²) >= 11 is 0. The van der Waals surface area contributed by atoms with E-state index < -0.39 is 0 Å². The van der Waals surface area contributed by atoms with Crippen molar-refractivity contribution in [3.8, 4) is 5.69 Å². The quantitative estimate of drug-likeness (QED) is 0.608. The average Bonchev–Trinajstić information content (AvgIpc) is 2.90. The van der Waals surface area contributed by atoms with Gasteiger partial charge in [0.25, 0.3) is 0 Å². The maximum absolute atomic E-state index is 2.48. The van der Waals surface area contributed by atoms with Crippen LogP contribution in [0.4, 0.5) is 0 Å². The SMILES string of the molecule is CCc1cccc2c3c(n(-c4ccccc4)c12)CCC=C3. The average molecular weight is 273 g/mol. The van der Waals surface area contributed by atoms with Crippen LogP contribution in [0, 0.1) is 0 Å². The molecule has 0 saturated carbocycles. The highest BCUT2D eigenvalue weighted by atomic mass is 15.0. The van der Waals surface area contributed by atoms with Crippen LogP contribution in [0.5, 0.6) is 0 Å². The molecular formula is C20H19N. The Morgan fingerprint density at radius 3 is 2.67 bits per heavy atom. The largest absolute Gasteiger partial charge is 0.313 e. The Kier molecular flexibility index (Phi) is 2.92. The molecule has 0 aliphatic heterocycles. The van der Waals surface area contributed by atoms with E-state index in [1.807, 2.05) is 0 Å². The van der Waals surface area contributed by atoms with Gasteiger partial charge >= 0.3 is 0 Å². The van der Waals surface area contributed by atoms with E-state index in [4.69, 9.17) is 0 Å². The zero-order valence-electron chi connectivity index (χ0n) is 12.3. The van der Waals surface area contributed by atoms with Crippen LogP contribution in [0.2, 0.25) is 0 Å². The van der Waals surface area contributed by atoms with Crippen LogP contribution in [-0.2, 0) is 12.8 Å². The molecule has 2 aromatic carbocycles. The van der Waals surface area contributed by atoms with Crippen molar-refractivity contribution < 1.29 is 0 Å². The van der Waals surface area contributed by atoms with Gasteiger partial charge in [0.15, 0.2) is 0 Å². The Hall–Kier alpha value is -2.28. The molecule has 0 N–H and O–H groups in total. The molecule has 0 unspecified atom stereocenters. The van der Waals surface area contributed by atoms with Gasteiger partial charge in [0, 0.05) is 22.3 Å². The fourth-order valence-electron chi connectivity index (χ4n) is 3.48. The summed E-state index contributed by atoms with van der Waals surface area (Å²) in [6.45, 7) is 2.24. The van der Waals surface area contributed by atoms with Crippen molar-refractivity contribution >= 4 is 17.0 Å². The number of hydrogen-bond donors (Lipinski definition) is 0. The summed E-state index contributed by atoms with van der Waals surface area (Å²) < 4.78 is 2.48. The van der Waals surface area contributed by atoms with Crippen molar-refractivity contribution in [1.82, 2.24) is 4.57 Å². The third kappa shape index (κ3) is 1.84. The summed E-state index contributed by atoms with van der Waals surface area (Å²) in [6, 6.07) is 17.5.